The standard InChI is InChI=1S/C15H22N4O/c1-11(2)18-8-6-12(10-18)9-14-16-17-15-13(20-3)5-4-7-19(14)15/h4-5,7,11-12H,6,8-10H2,1-3H3. The molecule has 2 aromatic heterocycles. The van der Waals surface area contributed by atoms with Crippen molar-refractivity contribution in [2.45, 2.75) is 32.7 Å². The molecule has 20 heavy (non-hydrogen) atoms. The highest BCUT2D eigenvalue weighted by atomic mass is 16.5. The van der Waals surface area contributed by atoms with E-state index >= 15 is 0 Å². The molecule has 0 amide bonds. The highest BCUT2D eigenvalue weighted by molar-refractivity contribution is 5.53. The predicted octanol–water partition coefficient (Wildman–Crippen LogP) is 2.01. The largest absolute Gasteiger partial charge is 0.493 e. The Bertz CT molecular complexity index is 593. The highest BCUT2D eigenvalue weighted by Crippen LogP contribution is 2.24. The maximum Gasteiger partial charge on any atom is 0.203 e. The molecule has 0 bridgehead atoms. The molecular formula is C15H22N4O. The molecule has 5 heteroatoms. The average molecular weight is 274 g/mol. The number of hydrogen-bond acceptors (Lipinski definition) is 4. The van der Waals surface area contributed by atoms with Crippen LogP contribution < -0.4 is 4.74 Å². The fourth-order valence-electron chi connectivity index (χ4n) is 2.99. The summed E-state index contributed by atoms with van der Waals surface area (Å²) in [7, 11) is 1.67. The van der Waals surface area contributed by atoms with E-state index in [9.17, 15) is 0 Å². The smallest absolute Gasteiger partial charge is 0.203 e. The third-order valence-electron chi connectivity index (χ3n) is 4.21. The summed E-state index contributed by atoms with van der Waals surface area (Å²) in [5.74, 6) is 2.49. The topological polar surface area (TPSA) is 42.7 Å². The SMILES string of the molecule is COc1cccn2c(CC3CCN(C(C)C)C3)nnc12. The Kier molecular flexibility index (Phi) is 3.61. The van der Waals surface area contributed by atoms with Crippen molar-refractivity contribution in [3.8, 4) is 5.75 Å². The van der Waals surface area contributed by atoms with Gasteiger partial charge in [-0.1, -0.05) is 0 Å². The summed E-state index contributed by atoms with van der Waals surface area (Å²) in [4.78, 5) is 2.54. The quantitative estimate of drug-likeness (QED) is 0.855. The van der Waals surface area contributed by atoms with Gasteiger partial charge >= 0.3 is 0 Å². The zero-order chi connectivity index (χ0) is 14.1. The molecule has 1 aliphatic rings. The third kappa shape index (κ3) is 2.38. The number of aromatic nitrogens is 3. The van der Waals surface area contributed by atoms with Crippen molar-refractivity contribution in [3.63, 3.8) is 0 Å². The Morgan fingerprint density at radius 1 is 1.40 bits per heavy atom. The molecule has 1 atom stereocenters. The average Bonchev–Trinajstić information content (AvgIpc) is 3.06. The lowest BCUT2D eigenvalue weighted by Gasteiger charge is -2.20. The molecule has 3 heterocycles. The summed E-state index contributed by atoms with van der Waals surface area (Å²) >= 11 is 0. The van der Waals surface area contributed by atoms with Gasteiger partial charge in [0, 0.05) is 25.2 Å². The lowest BCUT2D eigenvalue weighted by atomic mass is 10.0. The predicted molar refractivity (Wildman–Crippen MR) is 78.1 cm³/mol. The molecule has 0 aromatic carbocycles. The van der Waals surface area contributed by atoms with Crippen molar-refractivity contribution in [3.05, 3.63) is 24.2 Å². The minimum absolute atomic E-state index is 0.634. The number of methoxy groups -OCH3 is 1. The van der Waals surface area contributed by atoms with E-state index in [4.69, 9.17) is 4.74 Å². The van der Waals surface area contributed by atoms with Gasteiger partial charge in [-0.15, -0.1) is 10.2 Å². The number of pyridine rings is 1. The molecule has 0 radical (unpaired) electrons. The number of fused-ring (bicyclic) bond motifs is 1. The van der Waals surface area contributed by atoms with E-state index in [0.717, 1.165) is 30.2 Å². The third-order valence-corrected chi connectivity index (χ3v) is 4.21. The van der Waals surface area contributed by atoms with E-state index < -0.39 is 0 Å². The van der Waals surface area contributed by atoms with Crippen LogP contribution in [-0.2, 0) is 6.42 Å². The van der Waals surface area contributed by atoms with Gasteiger partial charge in [0.25, 0.3) is 0 Å². The first-order chi connectivity index (χ1) is 9.69. The van der Waals surface area contributed by atoms with Crippen molar-refractivity contribution in [2.75, 3.05) is 20.2 Å². The van der Waals surface area contributed by atoms with Gasteiger partial charge in [0.05, 0.1) is 7.11 Å². The highest BCUT2D eigenvalue weighted by Gasteiger charge is 2.25. The van der Waals surface area contributed by atoms with Gasteiger partial charge in [-0.05, 0) is 44.9 Å². The van der Waals surface area contributed by atoms with Crippen LogP contribution in [0.4, 0.5) is 0 Å². The number of rotatable bonds is 4. The van der Waals surface area contributed by atoms with Gasteiger partial charge in [-0.25, -0.2) is 0 Å². The first-order valence-electron chi connectivity index (χ1n) is 7.29. The monoisotopic (exact) mass is 274 g/mol. The van der Waals surface area contributed by atoms with Gasteiger partial charge in [-0.3, -0.25) is 4.40 Å². The number of nitrogens with zero attached hydrogens (tertiary/aromatic N) is 4. The van der Waals surface area contributed by atoms with Crippen LogP contribution in [0.5, 0.6) is 5.75 Å². The Balaban J connectivity index is 1.79. The van der Waals surface area contributed by atoms with E-state index in [1.807, 2.05) is 18.3 Å². The van der Waals surface area contributed by atoms with Gasteiger partial charge in [0.2, 0.25) is 5.65 Å². The van der Waals surface area contributed by atoms with Crippen LogP contribution in [0.1, 0.15) is 26.1 Å². The summed E-state index contributed by atoms with van der Waals surface area (Å²) in [5.41, 5.74) is 0.809. The fourth-order valence-corrected chi connectivity index (χ4v) is 2.99. The molecule has 1 unspecified atom stereocenters. The van der Waals surface area contributed by atoms with Gasteiger partial charge in [0.15, 0.2) is 5.75 Å². The summed E-state index contributed by atoms with van der Waals surface area (Å²) in [6.07, 6.45) is 4.25. The number of hydrogen-bond donors (Lipinski definition) is 0. The van der Waals surface area contributed by atoms with E-state index in [1.54, 1.807) is 7.11 Å². The molecule has 2 aromatic rings. The van der Waals surface area contributed by atoms with Crippen LogP contribution >= 0.6 is 0 Å². The lowest BCUT2D eigenvalue weighted by molar-refractivity contribution is 0.264. The Morgan fingerprint density at radius 2 is 2.25 bits per heavy atom. The van der Waals surface area contributed by atoms with Crippen LogP contribution in [0.3, 0.4) is 0 Å². The first-order valence-corrected chi connectivity index (χ1v) is 7.29. The minimum Gasteiger partial charge on any atom is -0.493 e. The van der Waals surface area contributed by atoms with E-state index in [0.29, 0.717) is 12.0 Å². The van der Waals surface area contributed by atoms with Crippen LogP contribution in [0, 0.1) is 5.92 Å². The molecule has 5 nitrogen and oxygen atoms in total. The second kappa shape index (κ2) is 5.40. The Labute approximate surface area is 119 Å². The zero-order valence-corrected chi connectivity index (χ0v) is 12.4. The van der Waals surface area contributed by atoms with Crippen LogP contribution in [-0.4, -0.2) is 45.7 Å². The molecule has 1 aliphatic heterocycles. The normalized spacial score (nSPS) is 20.1. The van der Waals surface area contributed by atoms with E-state index in [1.165, 1.54) is 13.0 Å². The van der Waals surface area contributed by atoms with E-state index in [2.05, 4.69) is 33.3 Å². The maximum absolute atomic E-state index is 5.33. The van der Waals surface area contributed by atoms with Gasteiger partial charge < -0.3 is 9.64 Å². The number of ether oxygens (including phenoxy) is 1. The summed E-state index contributed by atoms with van der Waals surface area (Å²) in [5, 5.41) is 8.61. The second-order valence-electron chi connectivity index (χ2n) is 5.83. The first kappa shape index (κ1) is 13.4. The number of likely N-dealkylation sites (tertiary alicyclic amines) is 1. The maximum atomic E-state index is 5.33. The van der Waals surface area contributed by atoms with Crippen molar-refractivity contribution >= 4 is 5.65 Å². The van der Waals surface area contributed by atoms with Gasteiger partial charge in [-0.2, -0.15) is 0 Å². The molecule has 0 aliphatic carbocycles. The summed E-state index contributed by atoms with van der Waals surface area (Å²) in [6.45, 7) is 6.89. The van der Waals surface area contributed by atoms with Crippen LogP contribution in [0.25, 0.3) is 5.65 Å². The van der Waals surface area contributed by atoms with E-state index in [-0.39, 0.29) is 0 Å². The molecule has 0 spiro atoms. The molecule has 1 fully saturated rings. The Morgan fingerprint density at radius 3 is 2.95 bits per heavy atom. The van der Waals surface area contributed by atoms with Crippen LogP contribution in [0.15, 0.2) is 18.3 Å². The van der Waals surface area contributed by atoms with Crippen molar-refractivity contribution in [1.82, 2.24) is 19.5 Å². The zero-order valence-electron chi connectivity index (χ0n) is 12.4. The fraction of sp³-hybridized carbons (Fsp3) is 0.600. The Hall–Kier alpha value is -1.62. The van der Waals surface area contributed by atoms with Crippen molar-refractivity contribution < 1.29 is 4.74 Å². The molecule has 0 saturated carbocycles. The molecule has 0 N–H and O–H groups in total. The second-order valence-corrected chi connectivity index (χ2v) is 5.83. The molecular weight excluding hydrogens is 252 g/mol. The van der Waals surface area contributed by atoms with Crippen molar-refractivity contribution in [1.29, 1.82) is 0 Å². The van der Waals surface area contributed by atoms with Gasteiger partial charge in [0.1, 0.15) is 5.82 Å². The summed E-state index contributed by atoms with van der Waals surface area (Å²) < 4.78 is 7.38. The molecule has 1 saturated heterocycles. The molecule has 3 rings (SSSR count). The lowest BCUT2D eigenvalue weighted by Crippen LogP contribution is -2.28. The minimum atomic E-state index is 0.634. The summed E-state index contributed by atoms with van der Waals surface area (Å²) in [6, 6.07) is 4.53. The van der Waals surface area contributed by atoms with Crippen molar-refractivity contribution in [2.24, 2.45) is 5.92 Å². The molecule has 108 valence electrons. The van der Waals surface area contributed by atoms with Crippen LogP contribution in [0.2, 0.25) is 0 Å².